The van der Waals surface area contributed by atoms with Gasteiger partial charge in [0.2, 0.25) is 0 Å². The first kappa shape index (κ1) is 26.1. The van der Waals surface area contributed by atoms with Crippen molar-refractivity contribution in [2.45, 2.75) is 70.2 Å². The number of aliphatic carboxylic acids is 1. The Morgan fingerprint density at radius 2 is 1.64 bits per heavy atom. The van der Waals surface area contributed by atoms with Gasteiger partial charge in [-0.3, -0.25) is 29.6 Å². The largest absolute Gasteiger partial charge is 0.480 e. The molecule has 1 aliphatic heterocycles. The molecule has 3 atom stereocenters. The Morgan fingerprint density at radius 1 is 0.972 bits per heavy atom. The second kappa shape index (κ2) is 13.4. The molecule has 0 bridgehead atoms. The zero-order valence-corrected chi connectivity index (χ0v) is 21.2. The summed E-state index contributed by atoms with van der Waals surface area (Å²) in [6, 6.07) is 12.6. The molecule has 36 heavy (non-hydrogen) atoms. The molecule has 0 saturated heterocycles. The maximum Gasteiger partial charge on any atom is 0.317 e. The minimum Gasteiger partial charge on any atom is -0.480 e. The SMILES string of the molecule is CCN(Cc1ccccn1)C1CC(NCC2=CCCC=N2)CC(N(CC(=O)O)Cc2ccccn2)C1. The summed E-state index contributed by atoms with van der Waals surface area (Å²) in [4.78, 5) is 30.0. The van der Waals surface area contributed by atoms with Crippen LogP contribution in [0.15, 0.2) is 65.6 Å². The molecule has 2 aromatic rings. The molecule has 3 unspecified atom stereocenters. The van der Waals surface area contributed by atoms with Crippen molar-refractivity contribution in [1.29, 1.82) is 0 Å². The topological polar surface area (TPSA) is 94.0 Å². The van der Waals surface area contributed by atoms with Gasteiger partial charge in [0.05, 0.1) is 17.9 Å². The van der Waals surface area contributed by atoms with Crippen LogP contribution in [0, 0.1) is 0 Å². The average molecular weight is 491 g/mol. The van der Waals surface area contributed by atoms with Crippen LogP contribution in [0.25, 0.3) is 0 Å². The molecule has 0 radical (unpaired) electrons. The van der Waals surface area contributed by atoms with E-state index in [0.29, 0.717) is 12.6 Å². The Hall–Kier alpha value is -2.94. The molecule has 0 spiro atoms. The first-order valence-electron chi connectivity index (χ1n) is 13.1. The van der Waals surface area contributed by atoms with Crippen LogP contribution in [0.3, 0.4) is 0 Å². The Bertz CT molecular complexity index is 1010. The monoisotopic (exact) mass is 490 g/mol. The molecular weight excluding hydrogens is 452 g/mol. The number of aromatic nitrogens is 2. The van der Waals surface area contributed by atoms with Crippen LogP contribution in [-0.2, 0) is 17.9 Å². The average Bonchev–Trinajstić information content (AvgIpc) is 2.91. The van der Waals surface area contributed by atoms with E-state index in [9.17, 15) is 9.90 Å². The molecule has 1 fully saturated rings. The molecule has 2 N–H and O–H groups in total. The number of hydrogen-bond donors (Lipinski definition) is 2. The van der Waals surface area contributed by atoms with Gasteiger partial charge in [0, 0.05) is 62.1 Å². The summed E-state index contributed by atoms with van der Waals surface area (Å²) in [6.45, 7) is 5.17. The van der Waals surface area contributed by atoms with E-state index in [2.05, 4.69) is 49.1 Å². The van der Waals surface area contributed by atoms with Crippen molar-refractivity contribution < 1.29 is 9.90 Å². The van der Waals surface area contributed by atoms with Gasteiger partial charge in [0.1, 0.15) is 0 Å². The number of nitrogens with one attached hydrogen (secondary N) is 1. The zero-order chi connectivity index (χ0) is 25.2. The second-order valence-corrected chi connectivity index (χ2v) is 9.68. The van der Waals surface area contributed by atoms with Gasteiger partial charge < -0.3 is 10.4 Å². The Kier molecular flexibility index (Phi) is 9.72. The lowest BCUT2D eigenvalue weighted by Gasteiger charge is -2.44. The van der Waals surface area contributed by atoms with E-state index in [1.807, 2.05) is 42.7 Å². The van der Waals surface area contributed by atoms with E-state index in [4.69, 9.17) is 0 Å². The van der Waals surface area contributed by atoms with E-state index in [-0.39, 0.29) is 18.6 Å². The molecule has 1 saturated carbocycles. The van der Waals surface area contributed by atoms with Crippen molar-refractivity contribution in [3.05, 3.63) is 72.0 Å². The van der Waals surface area contributed by atoms with Gasteiger partial charge >= 0.3 is 5.97 Å². The highest BCUT2D eigenvalue weighted by Crippen LogP contribution is 2.29. The molecule has 2 aliphatic rings. The molecule has 192 valence electrons. The van der Waals surface area contributed by atoms with Gasteiger partial charge in [-0.25, -0.2) is 0 Å². The number of rotatable bonds is 12. The first-order chi connectivity index (χ1) is 17.6. The fourth-order valence-corrected chi connectivity index (χ4v) is 5.33. The van der Waals surface area contributed by atoms with Gasteiger partial charge in [-0.05, 0) is 62.9 Å². The Labute approximate surface area is 214 Å². The van der Waals surface area contributed by atoms with E-state index in [1.54, 1.807) is 6.20 Å². The van der Waals surface area contributed by atoms with Gasteiger partial charge in [-0.1, -0.05) is 25.1 Å². The molecule has 0 amide bonds. The van der Waals surface area contributed by atoms with E-state index < -0.39 is 5.97 Å². The number of allylic oxidation sites excluding steroid dienone is 1. The van der Waals surface area contributed by atoms with Crippen LogP contribution in [-0.4, -0.2) is 74.8 Å². The lowest BCUT2D eigenvalue weighted by molar-refractivity contribution is -0.139. The van der Waals surface area contributed by atoms with Gasteiger partial charge in [-0.2, -0.15) is 0 Å². The predicted octanol–water partition coefficient (Wildman–Crippen LogP) is 3.51. The summed E-state index contributed by atoms with van der Waals surface area (Å²) in [5.41, 5.74) is 3.05. The molecular formula is C28H38N6O2. The predicted molar refractivity (Wildman–Crippen MR) is 142 cm³/mol. The molecule has 3 heterocycles. The van der Waals surface area contributed by atoms with Gasteiger partial charge in [0.15, 0.2) is 0 Å². The van der Waals surface area contributed by atoms with Crippen LogP contribution in [0.5, 0.6) is 0 Å². The number of pyridine rings is 2. The van der Waals surface area contributed by atoms with Crippen molar-refractivity contribution in [1.82, 2.24) is 25.1 Å². The number of hydrogen-bond acceptors (Lipinski definition) is 7. The minimum atomic E-state index is -0.805. The quantitative estimate of drug-likeness (QED) is 0.470. The highest BCUT2D eigenvalue weighted by Gasteiger charge is 2.35. The van der Waals surface area contributed by atoms with E-state index in [1.165, 1.54) is 0 Å². The third kappa shape index (κ3) is 7.78. The second-order valence-electron chi connectivity index (χ2n) is 9.68. The van der Waals surface area contributed by atoms with Crippen molar-refractivity contribution in [3.8, 4) is 0 Å². The third-order valence-electron chi connectivity index (χ3n) is 7.12. The third-order valence-corrected chi connectivity index (χ3v) is 7.12. The molecule has 8 nitrogen and oxygen atoms in total. The lowest BCUT2D eigenvalue weighted by Crippen LogP contribution is -2.53. The first-order valence-corrected chi connectivity index (χ1v) is 13.1. The highest BCUT2D eigenvalue weighted by molar-refractivity contribution is 5.69. The number of aliphatic imine (C=N–C) groups is 1. The smallest absolute Gasteiger partial charge is 0.317 e. The Balaban J connectivity index is 1.52. The maximum atomic E-state index is 11.8. The van der Waals surface area contributed by atoms with Crippen molar-refractivity contribution >= 4 is 12.2 Å². The van der Waals surface area contributed by atoms with Gasteiger partial charge in [-0.15, -0.1) is 0 Å². The maximum absolute atomic E-state index is 11.8. The summed E-state index contributed by atoms with van der Waals surface area (Å²) < 4.78 is 0. The van der Waals surface area contributed by atoms with Crippen LogP contribution in [0.2, 0.25) is 0 Å². The van der Waals surface area contributed by atoms with Crippen LogP contribution in [0.4, 0.5) is 0 Å². The summed E-state index contributed by atoms with van der Waals surface area (Å²) in [7, 11) is 0. The van der Waals surface area contributed by atoms with Crippen molar-refractivity contribution in [3.63, 3.8) is 0 Å². The Morgan fingerprint density at radius 3 is 2.19 bits per heavy atom. The molecule has 8 heteroatoms. The molecule has 0 aromatic carbocycles. The molecule has 2 aromatic heterocycles. The summed E-state index contributed by atoms with van der Waals surface area (Å²) >= 11 is 0. The number of nitrogens with zero attached hydrogens (tertiary/aromatic N) is 5. The normalized spacial score (nSPS) is 22.1. The van der Waals surface area contributed by atoms with Crippen LogP contribution in [0.1, 0.15) is 50.4 Å². The van der Waals surface area contributed by atoms with E-state index >= 15 is 0 Å². The standard InChI is InChI=1S/C28H38N6O2/c1-2-33(19-23-10-4-7-13-30-23)26-15-25(32-18-22-9-3-6-12-29-22)16-27(17-26)34(21-28(35)36)20-24-11-5-8-14-31-24/h4-5,7-14,25-27,32H,2-3,6,15-21H2,1H3,(H,35,36). The molecule has 1 aliphatic carbocycles. The summed E-state index contributed by atoms with van der Waals surface area (Å²) in [6.07, 6.45) is 12.7. The van der Waals surface area contributed by atoms with Crippen molar-refractivity contribution in [2.24, 2.45) is 4.99 Å². The number of carboxylic acid groups (broad SMARTS) is 1. The van der Waals surface area contributed by atoms with E-state index in [0.717, 1.165) is 68.8 Å². The number of carboxylic acids is 1. The molecule has 4 rings (SSSR count). The lowest BCUT2D eigenvalue weighted by atomic mass is 9.84. The zero-order valence-electron chi connectivity index (χ0n) is 21.2. The highest BCUT2D eigenvalue weighted by atomic mass is 16.4. The van der Waals surface area contributed by atoms with Crippen LogP contribution < -0.4 is 5.32 Å². The van der Waals surface area contributed by atoms with Gasteiger partial charge in [0.25, 0.3) is 0 Å². The summed E-state index contributed by atoms with van der Waals surface area (Å²) in [5, 5.41) is 13.5. The van der Waals surface area contributed by atoms with Crippen molar-refractivity contribution in [2.75, 3.05) is 19.6 Å². The minimum absolute atomic E-state index is 0.00247. The number of carbonyl (C=O) groups is 1. The van der Waals surface area contributed by atoms with Crippen LogP contribution >= 0.6 is 0 Å². The fraction of sp³-hybridized carbons (Fsp3) is 0.500. The fourth-order valence-electron chi connectivity index (χ4n) is 5.33. The summed E-state index contributed by atoms with van der Waals surface area (Å²) in [5.74, 6) is -0.805.